The summed E-state index contributed by atoms with van der Waals surface area (Å²) in [6, 6.07) is 27.3. The first-order valence-corrected chi connectivity index (χ1v) is 13.9. The van der Waals surface area contributed by atoms with Gasteiger partial charge in [-0.3, -0.25) is 9.59 Å². The zero-order valence-corrected chi connectivity index (χ0v) is 23.4. The fraction of sp³-hybridized carbons (Fsp3) is 0.188. The number of carbonyl (C=O) groups is 2. The highest BCUT2D eigenvalue weighted by molar-refractivity contribution is 9.10. The van der Waals surface area contributed by atoms with Crippen LogP contribution < -0.4 is 10.2 Å². The molecule has 6 nitrogen and oxygen atoms in total. The smallest absolute Gasteiger partial charge is 0.253 e. The van der Waals surface area contributed by atoms with Gasteiger partial charge in [-0.25, -0.2) is 0 Å². The van der Waals surface area contributed by atoms with Crippen LogP contribution in [0.2, 0.25) is 0 Å². The van der Waals surface area contributed by atoms with Crippen molar-refractivity contribution >= 4 is 45.2 Å². The van der Waals surface area contributed by atoms with Crippen molar-refractivity contribution in [1.82, 2.24) is 4.90 Å². The van der Waals surface area contributed by atoms with E-state index in [1.165, 1.54) is 11.6 Å². The predicted octanol–water partition coefficient (Wildman–Crippen LogP) is 6.89. The van der Waals surface area contributed by atoms with Crippen LogP contribution in [-0.4, -0.2) is 42.9 Å². The van der Waals surface area contributed by atoms with Gasteiger partial charge in [0, 0.05) is 59.2 Å². The minimum Gasteiger partial charge on any atom is -0.457 e. The highest BCUT2D eigenvalue weighted by Crippen LogP contribution is 2.25. The van der Waals surface area contributed by atoms with Gasteiger partial charge in [0.05, 0.1) is 0 Å². The Morgan fingerprint density at radius 3 is 2.23 bits per heavy atom. The fourth-order valence-electron chi connectivity index (χ4n) is 4.54. The molecule has 0 saturated carbocycles. The van der Waals surface area contributed by atoms with Crippen LogP contribution in [0.15, 0.2) is 99.9 Å². The molecule has 0 aliphatic carbocycles. The Labute approximate surface area is 237 Å². The molecule has 3 aromatic carbocycles. The van der Waals surface area contributed by atoms with Crippen molar-refractivity contribution in [3.8, 4) is 11.3 Å². The third kappa shape index (κ3) is 6.67. The maximum absolute atomic E-state index is 12.9. The maximum atomic E-state index is 12.9. The van der Waals surface area contributed by atoms with E-state index in [-0.39, 0.29) is 11.8 Å². The third-order valence-corrected chi connectivity index (χ3v) is 7.36. The number of nitrogens with one attached hydrogen (secondary N) is 1. The molecule has 1 aromatic heterocycles. The number of hydrogen-bond donors (Lipinski definition) is 1. The van der Waals surface area contributed by atoms with Crippen molar-refractivity contribution in [1.29, 1.82) is 0 Å². The SMILES string of the molecule is CCc1ccc(C(=O)N2CCN(c3ccc(NC(=O)/C=C/c4ccc(-c5ccc(Br)cc5)o4)cc3)CC2)cc1. The Bertz CT molecular complexity index is 1450. The second-order valence-corrected chi connectivity index (χ2v) is 10.3. The molecule has 5 rings (SSSR count). The predicted molar refractivity (Wildman–Crippen MR) is 160 cm³/mol. The fourth-order valence-corrected chi connectivity index (χ4v) is 4.81. The van der Waals surface area contributed by atoms with E-state index < -0.39 is 0 Å². The average Bonchev–Trinajstić information content (AvgIpc) is 3.46. The average molecular weight is 585 g/mol. The Morgan fingerprint density at radius 2 is 1.56 bits per heavy atom. The molecule has 0 radical (unpaired) electrons. The molecule has 2 amide bonds. The summed E-state index contributed by atoms with van der Waals surface area (Å²) in [5, 5.41) is 2.89. The van der Waals surface area contributed by atoms with Crippen LogP contribution in [0.3, 0.4) is 0 Å². The summed E-state index contributed by atoms with van der Waals surface area (Å²) in [4.78, 5) is 29.5. The number of amides is 2. The van der Waals surface area contributed by atoms with Gasteiger partial charge in [-0.2, -0.15) is 0 Å². The van der Waals surface area contributed by atoms with Crippen LogP contribution in [0, 0.1) is 0 Å². The summed E-state index contributed by atoms with van der Waals surface area (Å²) in [6.45, 7) is 4.98. The summed E-state index contributed by atoms with van der Waals surface area (Å²) < 4.78 is 6.84. The Balaban J connectivity index is 1.11. The lowest BCUT2D eigenvalue weighted by Gasteiger charge is -2.36. The lowest BCUT2D eigenvalue weighted by Crippen LogP contribution is -2.48. The molecular formula is C32H30BrN3O3. The lowest BCUT2D eigenvalue weighted by atomic mass is 10.1. The van der Waals surface area contributed by atoms with Gasteiger partial charge < -0.3 is 19.5 Å². The van der Waals surface area contributed by atoms with Crippen molar-refractivity contribution in [2.45, 2.75) is 13.3 Å². The third-order valence-electron chi connectivity index (χ3n) is 6.83. The van der Waals surface area contributed by atoms with Gasteiger partial charge in [-0.15, -0.1) is 0 Å². The van der Waals surface area contributed by atoms with E-state index in [0.29, 0.717) is 24.5 Å². The van der Waals surface area contributed by atoms with Crippen molar-refractivity contribution in [3.63, 3.8) is 0 Å². The summed E-state index contributed by atoms with van der Waals surface area (Å²) in [5.41, 5.74) is 4.73. The lowest BCUT2D eigenvalue weighted by molar-refractivity contribution is -0.111. The second-order valence-electron chi connectivity index (χ2n) is 9.41. The van der Waals surface area contributed by atoms with Gasteiger partial charge >= 0.3 is 0 Å². The number of furan rings is 1. The number of carbonyl (C=O) groups excluding carboxylic acids is 2. The monoisotopic (exact) mass is 583 g/mol. The van der Waals surface area contributed by atoms with Crippen molar-refractivity contribution < 1.29 is 14.0 Å². The van der Waals surface area contributed by atoms with E-state index in [9.17, 15) is 9.59 Å². The number of halogens is 1. The molecule has 1 fully saturated rings. The molecule has 1 aliphatic heterocycles. The number of rotatable bonds is 7. The first-order valence-electron chi connectivity index (χ1n) is 13.1. The number of nitrogens with zero attached hydrogens (tertiary/aromatic N) is 2. The second kappa shape index (κ2) is 12.2. The van der Waals surface area contributed by atoms with Crippen molar-refractivity contribution in [2.75, 3.05) is 36.4 Å². The molecular weight excluding hydrogens is 554 g/mol. The minimum atomic E-state index is -0.233. The molecule has 1 aliphatic rings. The number of piperazine rings is 1. The summed E-state index contributed by atoms with van der Waals surface area (Å²) in [7, 11) is 0. The number of hydrogen-bond acceptors (Lipinski definition) is 4. The van der Waals surface area contributed by atoms with E-state index >= 15 is 0 Å². The summed E-state index contributed by atoms with van der Waals surface area (Å²) in [6.07, 6.45) is 4.08. The molecule has 0 spiro atoms. The van der Waals surface area contributed by atoms with Gasteiger partial charge in [0.25, 0.3) is 5.91 Å². The largest absolute Gasteiger partial charge is 0.457 e. The summed E-state index contributed by atoms with van der Waals surface area (Å²) >= 11 is 3.43. The molecule has 1 N–H and O–H groups in total. The number of aryl methyl sites for hydroxylation is 1. The molecule has 0 atom stereocenters. The van der Waals surface area contributed by atoms with Gasteiger partial charge in [-0.1, -0.05) is 47.1 Å². The zero-order valence-electron chi connectivity index (χ0n) is 21.8. The molecule has 4 aromatic rings. The van der Waals surface area contributed by atoms with Gasteiger partial charge in [0.15, 0.2) is 0 Å². The molecule has 0 bridgehead atoms. The van der Waals surface area contributed by atoms with E-state index in [2.05, 4.69) is 33.1 Å². The van der Waals surface area contributed by atoms with E-state index in [1.54, 1.807) is 6.08 Å². The van der Waals surface area contributed by atoms with Crippen LogP contribution in [0.1, 0.15) is 28.6 Å². The molecule has 39 heavy (non-hydrogen) atoms. The first-order chi connectivity index (χ1) is 19.0. The quantitative estimate of drug-likeness (QED) is 0.241. The number of benzene rings is 3. The van der Waals surface area contributed by atoms with Gasteiger partial charge in [0.1, 0.15) is 11.5 Å². The van der Waals surface area contributed by atoms with Crippen LogP contribution in [0.25, 0.3) is 17.4 Å². The van der Waals surface area contributed by atoms with Gasteiger partial charge in [-0.05, 0) is 78.7 Å². The topological polar surface area (TPSA) is 65.8 Å². The van der Waals surface area contributed by atoms with E-state index in [1.807, 2.05) is 89.8 Å². The van der Waals surface area contributed by atoms with Crippen LogP contribution in [0.4, 0.5) is 11.4 Å². The molecule has 1 saturated heterocycles. The molecule has 7 heteroatoms. The zero-order chi connectivity index (χ0) is 27.2. The molecule has 0 unspecified atom stereocenters. The van der Waals surface area contributed by atoms with Crippen molar-refractivity contribution in [2.24, 2.45) is 0 Å². The van der Waals surface area contributed by atoms with E-state index in [0.717, 1.165) is 46.6 Å². The van der Waals surface area contributed by atoms with Gasteiger partial charge in [0.2, 0.25) is 5.91 Å². The Hall–Kier alpha value is -4.10. The maximum Gasteiger partial charge on any atom is 0.253 e. The molecule has 2 heterocycles. The molecule has 198 valence electrons. The van der Waals surface area contributed by atoms with Crippen LogP contribution in [0.5, 0.6) is 0 Å². The first kappa shape index (κ1) is 26.5. The Kier molecular flexibility index (Phi) is 8.27. The normalized spacial score (nSPS) is 13.6. The standard InChI is InChI=1S/C32H30BrN3O3/c1-2-23-3-5-25(6-4-23)32(38)36-21-19-35(20-22-36)28-13-11-27(12-14-28)34-31(37)18-16-29-15-17-30(39-29)24-7-9-26(33)10-8-24/h3-18H,2,19-22H2,1H3,(H,34,37)/b18-16+. The van der Waals surface area contributed by atoms with Crippen LogP contribution in [-0.2, 0) is 11.2 Å². The summed E-state index contributed by atoms with van der Waals surface area (Å²) in [5.74, 6) is 1.20. The van der Waals surface area contributed by atoms with E-state index in [4.69, 9.17) is 4.42 Å². The van der Waals surface area contributed by atoms with Crippen LogP contribution >= 0.6 is 15.9 Å². The minimum absolute atomic E-state index is 0.0857. The van der Waals surface area contributed by atoms with Crippen molar-refractivity contribution in [3.05, 3.63) is 112 Å². The highest BCUT2D eigenvalue weighted by Gasteiger charge is 2.22. The Morgan fingerprint density at radius 1 is 0.872 bits per heavy atom. The number of anilines is 2. The highest BCUT2D eigenvalue weighted by atomic mass is 79.9.